The largest absolute Gasteiger partial charge is 0.496 e. The number of hydrogen-bond acceptors (Lipinski definition) is 8. The second-order valence-electron chi connectivity index (χ2n) is 7.17. The normalized spacial score (nSPS) is 13.8. The Morgan fingerprint density at radius 3 is 2.30 bits per heavy atom. The van der Waals surface area contributed by atoms with Crippen LogP contribution in [0.15, 0.2) is 54.6 Å². The van der Waals surface area contributed by atoms with E-state index in [0.717, 1.165) is 5.56 Å². The zero-order valence-corrected chi connectivity index (χ0v) is 19.3. The molecule has 2 aromatic carbocycles. The van der Waals surface area contributed by atoms with Gasteiger partial charge in [0.05, 0.1) is 45.0 Å². The lowest BCUT2D eigenvalue weighted by Crippen LogP contribution is -2.24. The summed E-state index contributed by atoms with van der Waals surface area (Å²) < 4.78 is 26.8. The van der Waals surface area contributed by atoms with Gasteiger partial charge in [-0.3, -0.25) is 10.1 Å². The number of esters is 1. The molecular formula is C24H29NO8. The van der Waals surface area contributed by atoms with Crippen molar-refractivity contribution >= 4 is 11.7 Å². The first-order valence-electron chi connectivity index (χ1n) is 10.2. The van der Waals surface area contributed by atoms with Crippen LogP contribution < -0.4 is 9.47 Å². The Bertz CT molecular complexity index is 960. The molecule has 0 saturated heterocycles. The lowest BCUT2D eigenvalue weighted by atomic mass is 9.94. The molecule has 0 bridgehead atoms. The summed E-state index contributed by atoms with van der Waals surface area (Å²) in [6.45, 7) is 2.07. The maximum atomic E-state index is 12.2. The highest BCUT2D eigenvalue weighted by Gasteiger charge is 2.29. The van der Waals surface area contributed by atoms with Crippen molar-refractivity contribution in [1.82, 2.24) is 0 Å². The smallest absolute Gasteiger partial charge is 0.339 e. The number of nitrogens with zero attached hydrogens (tertiary/aromatic N) is 1. The summed E-state index contributed by atoms with van der Waals surface area (Å²) in [5.74, 6) is -0.479. The minimum absolute atomic E-state index is 0.0812. The van der Waals surface area contributed by atoms with E-state index < -0.39 is 23.1 Å². The monoisotopic (exact) mass is 459 g/mol. The van der Waals surface area contributed by atoms with E-state index in [0.29, 0.717) is 11.3 Å². The fourth-order valence-electron chi connectivity index (χ4n) is 3.38. The lowest BCUT2D eigenvalue weighted by Gasteiger charge is -2.23. The van der Waals surface area contributed by atoms with Crippen molar-refractivity contribution in [1.29, 1.82) is 0 Å². The van der Waals surface area contributed by atoms with E-state index in [-0.39, 0.29) is 24.0 Å². The molecule has 0 radical (unpaired) electrons. The molecule has 2 aromatic rings. The van der Waals surface area contributed by atoms with Gasteiger partial charge in [-0.25, -0.2) is 4.79 Å². The number of nitro benzene ring substituents is 1. The van der Waals surface area contributed by atoms with Crippen LogP contribution in [0.5, 0.6) is 11.5 Å². The molecule has 0 heterocycles. The summed E-state index contributed by atoms with van der Waals surface area (Å²) in [4.78, 5) is 23.2. The van der Waals surface area contributed by atoms with E-state index in [1.54, 1.807) is 18.2 Å². The molecule has 178 valence electrons. The number of benzene rings is 2. The molecule has 9 heteroatoms. The Kier molecular flexibility index (Phi) is 9.84. The zero-order chi connectivity index (χ0) is 24.4. The Labute approximate surface area is 193 Å². The van der Waals surface area contributed by atoms with Gasteiger partial charge < -0.3 is 23.7 Å². The van der Waals surface area contributed by atoms with Crippen molar-refractivity contribution in [2.45, 2.75) is 25.7 Å². The van der Waals surface area contributed by atoms with E-state index in [1.165, 1.54) is 34.5 Å². The first kappa shape index (κ1) is 25.8. The predicted molar refractivity (Wildman–Crippen MR) is 121 cm³/mol. The van der Waals surface area contributed by atoms with Crippen LogP contribution in [-0.2, 0) is 25.6 Å². The zero-order valence-electron chi connectivity index (χ0n) is 19.3. The third-order valence-corrected chi connectivity index (χ3v) is 5.04. The van der Waals surface area contributed by atoms with Gasteiger partial charge in [-0.1, -0.05) is 43.3 Å². The summed E-state index contributed by atoms with van der Waals surface area (Å²) in [7, 11) is 5.56. The predicted octanol–water partition coefficient (Wildman–Crippen LogP) is 4.25. The van der Waals surface area contributed by atoms with Gasteiger partial charge in [0, 0.05) is 18.6 Å². The molecule has 0 aliphatic carbocycles. The van der Waals surface area contributed by atoms with E-state index in [2.05, 4.69) is 0 Å². The van der Waals surface area contributed by atoms with Crippen molar-refractivity contribution in [2.75, 3.05) is 28.4 Å². The lowest BCUT2D eigenvalue weighted by molar-refractivity contribution is -0.385. The second kappa shape index (κ2) is 12.6. The molecular weight excluding hydrogens is 430 g/mol. The van der Waals surface area contributed by atoms with Crippen LogP contribution in [0.3, 0.4) is 0 Å². The highest BCUT2D eigenvalue weighted by Crippen LogP contribution is 2.42. The molecule has 0 saturated carbocycles. The number of carbonyl (C=O) groups is 1. The van der Waals surface area contributed by atoms with Crippen LogP contribution in [0.2, 0.25) is 0 Å². The van der Waals surface area contributed by atoms with Crippen LogP contribution in [0, 0.1) is 16.0 Å². The SMILES string of the molecule is COC(=O)[C@H](/C=C/[C@H](C)[C@@H](OC)c1cc(OC)cc([N+](=O)[O-])c1OC)OCc1ccccc1. The van der Waals surface area contributed by atoms with Gasteiger partial charge in [-0.15, -0.1) is 0 Å². The number of methoxy groups -OCH3 is 4. The number of carbonyl (C=O) groups excluding carboxylic acids is 1. The molecule has 33 heavy (non-hydrogen) atoms. The molecule has 9 nitrogen and oxygen atoms in total. The molecule has 0 amide bonds. The van der Waals surface area contributed by atoms with Gasteiger partial charge in [-0.2, -0.15) is 0 Å². The van der Waals surface area contributed by atoms with Gasteiger partial charge in [0.1, 0.15) is 5.75 Å². The fourth-order valence-corrected chi connectivity index (χ4v) is 3.38. The molecule has 0 aliphatic rings. The summed E-state index contributed by atoms with van der Waals surface area (Å²) in [5, 5.41) is 11.5. The van der Waals surface area contributed by atoms with Crippen molar-refractivity contribution in [2.24, 2.45) is 5.92 Å². The maximum Gasteiger partial charge on any atom is 0.339 e. The Hall–Kier alpha value is -3.43. The van der Waals surface area contributed by atoms with Crippen LogP contribution in [0.4, 0.5) is 5.69 Å². The summed E-state index contributed by atoms with van der Waals surface area (Å²) in [6, 6.07) is 12.4. The van der Waals surface area contributed by atoms with E-state index in [1.807, 2.05) is 37.3 Å². The molecule has 0 aliphatic heterocycles. The van der Waals surface area contributed by atoms with Gasteiger partial charge in [0.2, 0.25) is 5.75 Å². The van der Waals surface area contributed by atoms with E-state index in [4.69, 9.17) is 23.7 Å². The first-order chi connectivity index (χ1) is 15.9. The molecule has 0 aromatic heterocycles. The minimum atomic E-state index is -0.934. The minimum Gasteiger partial charge on any atom is -0.496 e. The first-order valence-corrected chi connectivity index (χ1v) is 10.2. The standard InChI is InChI=1S/C24H29NO8/c1-16(11-12-21(24(26)32-5)33-15-17-9-7-6-8-10-17)22(30-3)19-13-18(29-2)14-20(25(27)28)23(19)31-4/h6-14,16,21-22H,15H2,1-5H3/b12-11+/t16-,21-,22+/m0/s1. The van der Waals surface area contributed by atoms with Crippen molar-refractivity contribution in [3.63, 3.8) is 0 Å². The summed E-state index contributed by atoms with van der Waals surface area (Å²) in [5.41, 5.74) is 1.13. The number of ether oxygens (including phenoxy) is 5. The molecule has 0 spiro atoms. The van der Waals surface area contributed by atoms with E-state index in [9.17, 15) is 14.9 Å². The molecule has 0 N–H and O–H groups in total. The summed E-state index contributed by atoms with van der Waals surface area (Å²) >= 11 is 0. The van der Waals surface area contributed by atoms with Gasteiger partial charge in [0.15, 0.2) is 6.10 Å². The van der Waals surface area contributed by atoms with Gasteiger partial charge in [0.25, 0.3) is 0 Å². The van der Waals surface area contributed by atoms with Crippen LogP contribution in [0.1, 0.15) is 24.2 Å². The Morgan fingerprint density at radius 1 is 1.06 bits per heavy atom. The third-order valence-electron chi connectivity index (χ3n) is 5.04. The number of rotatable bonds is 12. The molecule has 0 unspecified atom stereocenters. The Morgan fingerprint density at radius 2 is 1.76 bits per heavy atom. The molecule has 3 atom stereocenters. The summed E-state index contributed by atoms with van der Waals surface area (Å²) in [6.07, 6.45) is 1.77. The topological polar surface area (TPSA) is 106 Å². The number of nitro groups is 1. The average molecular weight is 459 g/mol. The third kappa shape index (κ3) is 6.77. The quantitative estimate of drug-likeness (QED) is 0.201. The number of hydrogen-bond donors (Lipinski definition) is 0. The van der Waals surface area contributed by atoms with Crippen LogP contribution in [-0.4, -0.2) is 45.4 Å². The molecule has 2 rings (SSSR count). The molecule has 0 fully saturated rings. The van der Waals surface area contributed by atoms with Gasteiger partial charge >= 0.3 is 11.7 Å². The van der Waals surface area contributed by atoms with Crippen molar-refractivity contribution in [3.05, 3.63) is 75.9 Å². The fraction of sp³-hybridized carbons (Fsp3) is 0.375. The van der Waals surface area contributed by atoms with Gasteiger partial charge in [-0.05, 0) is 17.7 Å². The average Bonchev–Trinajstić information content (AvgIpc) is 2.83. The van der Waals surface area contributed by atoms with Crippen LogP contribution in [0.25, 0.3) is 0 Å². The second-order valence-corrected chi connectivity index (χ2v) is 7.17. The van der Waals surface area contributed by atoms with E-state index >= 15 is 0 Å². The highest BCUT2D eigenvalue weighted by molar-refractivity contribution is 5.76. The van der Waals surface area contributed by atoms with Crippen molar-refractivity contribution < 1.29 is 33.4 Å². The maximum absolute atomic E-state index is 12.2. The highest BCUT2D eigenvalue weighted by atomic mass is 16.6. The Balaban J connectivity index is 2.31. The van der Waals surface area contributed by atoms with Crippen LogP contribution >= 0.6 is 0 Å². The van der Waals surface area contributed by atoms with Crippen molar-refractivity contribution in [3.8, 4) is 11.5 Å².